The highest BCUT2D eigenvalue weighted by Gasteiger charge is 2.19. The topological polar surface area (TPSA) is 141 Å². The molecule has 0 bridgehead atoms. The first-order valence-electron chi connectivity index (χ1n) is 10.1. The maximum Gasteiger partial charge on any atom is 0.338 e. The second-order valence-corrected chi connectivity index (χ2v) is 6.65. The SMILES string of the molecule is CCOc1ccc(NC(=O)NC(=O)COC(=O)c2ccc3c(c2)OCC(=O)N3)cc1OCC. The quantitative estimate of drug-likeness (QED) is 0.513. The largest absolute Gasteiger partial charge is 0.490 e. The zero-order valence-corrected chi connectivity index (χ0v) is 18.1. The molecule has 0 aliphatic carbocycles. The average Bonchev–Trinajstić information content (AvgIpc) is 2.79. The first-order chi connectivity index (χ1) is 15.9. The number of amides is 4. The van der Waals surface area contributed by atoms with E-state index >= 15 is 0 Å². The van der Waals surface area contributed by atoms with Gasteiger partial charge in [-0.2, -0.15) is 0 Å². The highest BCUT2D eigenvalue weighted by molar-refractivity contribution is 6.02. The molecular formula is C22H23N3O8. The molecule has 4 amide bonds. The molecule has 11 nitrogen and oxygen atoms in total. The van der Waals surface area contributed by atoms with Crippen LogP contribution in [0.2, 0.25) is 0 Å². The van der Waals surface area contributed by atoms with Crippen molar-refractivity contribution in [1.82, 2.24) is 5.32 Å². The molecule has 1 aliphatic rings. The Bertz CT molecular complexity index is 1070. The number of rotatable bonds is 8. The van der Waals surface area contributed by atoms with Crippen molar-refractivity contribution in [1.29, 1.82) is 0 Å². The molecule has 1 aliphatic heterocycles. The predicted molar refractivity (Wildman–Crippen MR) is 117 cm³/mol. The molecular weight excluding hydrogens is 434 g/mol. The van der Waals surface area contributed by atoms with Gasteiger partial charge in [0, 0.05) is 11.8 Å². The molecule has 2 aromatic carbocycles. The summed E-state index contributed by atoms with van der Waals surface area (Å²) >= 11 is 0. The fourth-order valence-corrected chi connectivity index (χ4v) is 2.87. The number of carbonyl (C=O) groups excluding carboxylic acids is 4. The third-order valence-corrected chi connectivity index (χ3v) is 4.24. The van der Waals surface area contributed by atoms with Crippen LogP contribution < -0.4 is 30.2 Å². The minimum Gasteiger partial charge on any atom is -0.490 e. The van der Waals surface area contributed by atoms with Crippen LogP contribution in [0, 0.1) is 0 Å². The lowest BCUT2D eigenvalue weighted by atomic mass is 10.1. The van der Waals surface area contributed by atoms with E-state index in [-0.39, 0.29) is 18.1 Å². The Morgan fingerprint density at radius 3 is 2.55 bits per heavy atom. The first kappa shape index (κ1) is 23.4. The molecule has 1 heterocycles. The number of imide groups is 1. The minimum absolute atomic E-state index is 0.125. The van der Waals surface area contributed by atoms with Gasteiger partial charge in [-0.3, -0.25) is 14.9 Å². The van der Waals surface area contributed by atoms with E-state index in [1.807, 2.05) is 13.8 Å². The smallest absolute Gasteiger partial charge is 0.338 e. The normalized spacial score (nSPS) is 11.9. The summed E-state index contributed by atoms with van der Waals surface area (Å²) in [7, 11) is 0. The number of benzene rings is 2. The monoisotopic (exact) mass is 457 g/mol. The fourth-order valence-electron chi connectivity index (χ4n) is 2.87. The lowest BCUT2D eigenvalue weighted by molar-refractivity contribution is -0.123. The van der Waals surface area contributed by atoms with Crippen molar-refractivity contribution in [3.63, 3.8) is 0 Å². The summed E-state index contributed by atoms with van der Waals surface area (Å²) in [6, 6.07) is 8.30. The maximum absolute atomic E-state index is 12.2. The lowest BCUT2D eigenvalue weighted by Crippen LogP contribution is -2.37. The Balaban J connectivity index is 1.50. The Morgan fingerprint density at radius 2 is 1.79 bits per heavy atom. The van der Waals surface area contributed by atoms with Crippen LogP contribution in [-0.2, 0) is 14.3 Å². The van der Waals surface area contributed by atoms with E-state index in [0.717, 1.165) is 0 Å². The van der Waals surface area contributed by atoms with Crippen molar-refractivity contribution in [2.24, 2.45) is 0 Å². The molecule has 0 saturated heterocycles. The zero-order chi connectivity index (χ0) is 23.8. The van der Waals surface area contributed by atoms with Crippen molar-refractivity contribution in [3.8, 4) is 17.2 Å². The molecule has 11 heteroatoms. The summed E-state index contributed by atoms with van der Waals surface area (Å²) in [5, 5.41) is 7.17. The number of fused-ring (bicyclic) bond motifs is 1. The number of hydrogen-bond acceptors (Lipinski definition) is 8. The number of carbonyl (C=O) groups is 4. The molecule has 3 rings (SSSR count). The van der Waals surface area contributed by atoms with E-state index in [4.69, 9.17) is 18.9 Å². The van der Waals surface area contributed by atoms with Gasteiger partial charge in [-0.15, -0.1) is 0 Å². The van der Waals surface area contributed by atoms with Gasteiger partial charge in [-0.25, -0.2) is 9.59 Å². The van der Waals surface area contributed by atoms with Crippen LogP contribution in [0.15, 0.2) is 36.4 Å². The molecule has 2 aromatic rings. The van der Waals surface area contributed by atoms with E-state index in [9.17, 15) is 19.2 Å². The van der Waals surface area contributed by atoms with Crippen molar-refractivity contribution in [3.05, 3.63) is 42.0 Å². The van der Waals surface area contributed by atoms with Crippen molar-refractivity contribution in [2.45, 2.75) is 13.8 Å². The standard InChI is InChI=1S/C22H23N3O8/c1-3-30-16-8-6-14(10-18(16)31-4-2)23-22(29)25-20(27)12-33-21(28)13-5-7-15-17(9-13)32-11-19(26)24-15/h5-10H,3-4,11-12H2,1-2H3,(H,24,26)(H2,23,25,27,29). The van der Waals surface area contributed by atoms with Crippen LogP contribution in [0.3, 0.4) is 0 Å². The lowest BCUT2D eigenvalue weighted by Gasteiger charge is -2.18. The second kappa shape index (κ2) is 10.8. The van der Waals surface area contributed by atoms with E-state index in [1.54, 1.807) is 18.2 Å². The third-order valence-electron chi connectivity index (χ3n) is 4.24. The van der Waals surface area contributed by atoms with Crippen LogP contribution in [0.1, 0.15) is 24.2 Å². The molecule has 3 N–H and O–H groups in total. The highest BCUT2D eigenvalue weighted by atomic mass is 16.5. The summed E-state index contributed by atoms with van der Waals surface area (Å²) in [6.07, 6.45) is 0. The molecule has 0 radical (unpaired) electrons. The van der Waals surface area contributed by atoms with E-state index in [2.05, 4.69) is 16.0 Å². The number of ether oxygens (including phenoxy) is 4. The average molecular weight is 457 g/mol. The van der Waals surface area contributed by atoms with Gasteiger partial charge in [0.25, 0.3) is 11.8 Å². The summed E-state index contributed by atoms with van der Waals surface area (Å²) in [4.78, 5) is 47.6. The molecule has 0 spiro atoms. The Labute approximate surface area is 189 Å². The van der Waals surface area contributed by atoms with Crippen LogP contribution in [-0.4, -0.2) is 50.2 Å². The minimum atomic E-state index is -0.821. The zero-order valence-electron chi connectivity index (χ0n) is 18.1. The first-order valence-corrected chi connectivity index (χ1v) is 10.1. The van der Waals surface area contributed by atoms with Crippen LogP contribution in [0.5, 0.6) is 17.2 Å². The van der Waals surface area contributed by atoms with E-state index < -0.39 is 24.5 Å². The van der Waals surface area contributed by atoms with Crippen molar-refractivity contribution < 1.29 is 38.1 Å². The van der Waals surface area contributed by atoms with Gasteiger partial charge in [-0.05, 0) is 44.2 Å². The summed E-state index contributed by atoms with van der Waals surface area (Å²) < 4.78 is 21.1. The Hall–Kier alpha value is -4.28. The van der Waals surface area contributed by atoms with Crippen LogP contribution in [0.25, 0.3) is 0 Å². The number of anilines is 2. The maximum atomic E-state index is 12.2. The number of esters is 1. The molecule has 0 fully saturated rings. The predicted octanol–water partition coefficient (Wildman–Crippen LogP) is 2.32. The molecule has 0 saturated carbocycles. The molecule has 0 aromatic heterocycles. The Kier molecular flexibility index (Phi) is 7.68. The van der Waals surface area contributed by atoms with Gasteiger partial charge in [-0.1, -0.05) is 0 Å². The third kappa shape index (κ3) is 6.35. The summed E-state index contributed by atoms with van der Waals surface area (Å²) in [5.41, 5.74) is 0.935. The van der Waals surface area contributed by atoms with Gasteiger partial charge in [0.05, 0.1) is 24.5 Å². The van der Waals surface area contributed by atoms with Crippen molar-refractivity contribution >= 4 is 35.2 Å². The number of nitrogens with one attached hydrogen (secondary N) is 3. The van der Waals surface area contributed by atoms with Gasteiger partial charge in [0.2, 0.25) is 0 Å². The van der Waals surface area contributed by atoms with Gasteiger partial charge in [0.15, 0.2) is 24.7 Å². The van der Waals surface area contributed by atoms with E-state index in [1.165, 1.54) is 18.2 Å². The molecule has 174 valence electrons. The number of urea groups is 1. The van der Waals surface area contributed by atoms with E-state index in [0.29, 0.717) is 41.8 Å². The second-order valence-electron chi connectivity index (χ2n) is 6.65. The summed E-state index contributed by atoms with van der Waals surface area (Å²) in [6.45, 7) is 3.68. The summed E-state index contributed by atoms with van der Waals surface area (Å²) in [5.74, 6) is -0.615. The van der Waals surface area contributed by atoms with Gasteiger partial charge >= 0.3 is 12.0 Å². The molecule has 0 unspecified atom stereocenters. The van der Waals surface area contributed by atoms with Gasteiger partial charge < -0.3 is 29.6 Å². The van der Waals surface area contributed by atoms with Crippen LogP contribution in [0.4, 0.5) is 16.2 Å². The van der Waals surface area contributed by atoms with Crippen molar-refractivity contribution in [2.75, 3.05) is 37.1 Å². The van der Waals surface area contributed by atoms with Gasteiger partial charge in [0.1, 0.15) is 5.75 Å². The number of hydrogen-bond donors (Lipinski definition) is 3. The highest BCUT2D eigenvalue weighted by Crippen LogP contribution is 2.31. The molecule has 33 heavy (non-hydrogen) atoms. The van der Waals surface area contributed by atoms with Crippen LogP contribution >= 0.6 is 0 Å². The fraction of sp³-hybridized carbons (Fsp3) is 0.273. The molecule has 0 atom stereocenters. The Morgan fingerprint density at radius 1 is 1.03 bits per heavy atom.